The predicted octanol–water partition coefficient (Wildman–Crippen LogP) is 0.831. The van der Waals surface area contributed by atoms with E-state index < -0.39 is 5.60 Å². The molecule has 1 atom stereocenters. The smallest absolute Gasteiger partial charge is 0.0718 e. The van der Waals surface area contributed by atoms with Crippen molar-refractivity contribution >= 4 is 0 Å². The zero-order chi connectivity index (χ0) is 10.6. The minimum absolute atomic E-state index is 0.566. The summed E-state index contributed by atoms with van der Waals surface area (Å²) in [6.07, 6.45) is 3.86. The number of hydrogen-bond donors (Lipinski definition) is 2. The number of likely N-dealkylation sites (N-methyl/N-ethyl adjacent to an activating group) is 1. The molecule has 1 rings (SSSR count). The van der Waals surface area contributed by atoms with Crippen LogP contribution in [0.15, 0.2) is 0 Å². The van der Waals surface area contributed by atoms with Crippen LogP contribution in [-0.4, -0.2) is 48.3 Å². The first-order valence-corrected chi connectivity index (χ1v) is 5.64. The molecule has 2 N–H and O–H groups in total. The second-order valence-corrected chi connectivity index (χ2v) is 4.99. The molecule has 14 heavy (non-hydrogen) atoms. The van der Waals surface area contributed by atoms with Gasteiger partial charge in [-0.3, -0.25) is 4.90 Å². The minimum Gasteiger partial charge on any atom is -0.389 e. The Morgan fingerprint density at radius 3 is 2.71 bits per heavy atom. The minimum atomic E-state index is -0.566. The highest BCUT2D eigenvalue weighted by atomic mass is 16.3. The molecular weight excluding hydrogens is 176 g/mol. The SMILES string of the molecule is CNCC1CCCCN1CC(C)(C)O. The van der Waals surface area contributed by atoms with Crippen molar-refractivity contribution in [2.75, 3.05) is 26.7 Å². The Balaban J connectivity index is 2.45. The summed E-state index contributed by atoms with van der Waals surface area (Å²) in [5, 5.41) is 13.0. The van der Waals surface area contributed by atoms with E-state index in [0.29, 0.717) is 6.04 Å². The van der Waals surface area contributed by atoms with Crippen molar-refractivity contribution in [2.24, 2.45) is 0 Å². The zero-order valence-corrected chi connectivity index (χ0v) is 9.71. The molecule has 0 spiro atoms. The molecule has 3 heteroatoms. The van der Waals surface area contributed by atoms with Crippen molar-refractivity contribution in [2.45, 2.75) is 44.8 Å². The first kappa shape index (κ1) is 12.0. The molecule has 1 aliphatic rings. The molecule has 1 saturated heterocycles. The van der Waals surface area contributed by atoms with Gasteiger partial charge in [0, 0.05) is 19.1 Å². The van der Waals surface area contributed by atoms with Gasteiger partial charge >= 0.3 is 0 Å². The van der Waals surface area contributed by atoms with Crippen molar-refractivity contribution in [1.82, 2.24) is 10.2 Å². The van der Waals surface area contributed by atoms with E-state index in [2.05, 4.69) is 10.2 Å². The van der Waals surface area contributed by atoms with Crippen LogP contribution >= 0.6 is 0 Å². The van der Waals surface area contributed by atoms with Crippen LogP contribution in [0, 0.1) is 0 Å². The molecule has 1 unspecified atom stereocenters. The molecule has 0 radical (unpaired) electrons. The van der Waals surface area contributed by atoms with E-state index in [1.54, 1.807) is 0 Å². The average Bonchev–Trinajstić information content (AvgIpc) is 2.06. The maximum Gasteiger partial charge on any atom is 0.0718 e. The molecule has 1 fully saturated rings. The number of nitrogens with zero attached hydrogens (tertiary/aromatic N) is 1. The van der Waals surface area contributed by atoms with Gasteiger partial charge in [-0.2, -0.15) is 0 Å². The Kier molecular flexibility index (Phi) is 4.35. The summed E-state index contributed by atoms with van der Waals surface area (Å²) in [4.78, 5) is 2.42. The summed E-state index contributed by atoms with van der Waals surface area (Å²) in [7, 11) is 2.00. The van der Waals surface area contributed by atoms with Gasteiger partial charge in [0.2, 0.25) is 0 Å². The lowest BCUT2D eigenvalue weighted by atomic mass is 9.99. The van der Waals surface area contributed by atoms with Crippen molar-refractivity contribution in [3.8, 4) is 0 Å². The lowest BCUT2D eigenvalue weighted by Crippen LogP contribution is -2.50. The van der Waals surface area contributed by atoms with Crippen molar-refractivity contribution in [3.05, 3.63) is 0 Å². The third-order valence-corrected chi connectivity index (χ3v) is 2.78. The highest BCUT2D eigenvalue weighted by Gasteiger charge is 2.26. The van der Waals surface area contributed by atoms with Crippen molar-refractivity contribution in [3.63, 3.8) is 0 Å². The molecule has 84 valence electrons. The molecule has 0 aliphatic carbocycles. The maximum atomic E-state index is 9.79. The Bertz CT molecular complexity index is 163. The lowest BCUT2D eigenvalue weighted by Gasteiger charge is -2.38. The van der Waals surface area contributed by atoms with E-state index in [4.69, 9.17) is 0 Å². The highest BCUT2D eigenvalue weighted by molar-refractivity contribution is 4.82. The summed E-state index contributed by atoms with van der Waals surface area (Å²) in [6.45, 7) is 6.74. The number of hydrogen-bond acceptors (Lipinski definition) is 3. The van der Waals surface area contributed by atoms with Gasteiger partial charge in [-0.05, 0) is 40.3 Å². The van der Waals surface area contributed by atoms with Crippen LogP contribution in [0.2, 0.25) is 0 Å². The fourth-order valence-electron chi connectivity index (χ4n) is 2.23. The molecule has 0 saturated carbocycles. The van der Waals surface area contributed by atoms with Crippen LogP contribution in [0.3, 0.4) is 0 Å². The molecule has 0 aromatic carbocycles. The monoisotopic (exact) mass is 200 g/mol. The first-order chi connectivity index (χ1) is 6.53. The fraction of sp³-hybridized carbons (Fsp3) is 1.00. The van der Waals surface area contributed by atoms with Gasteiger partial charge in [0.1, 0.15) is 0 Å². The fourth-order valence-corrected chi connectivity index (χ4v) is 2.23. The molecule has 0 amide bonds. The standard InChI is InChI=1S/C11H24N2O/c1-11(2,14)9-13-7-5-4-6-10(13)8-12-3/h10,12,14H,4-9H2,1-3H3. The number of likely N-dealkylation sites (tertiary alicyclic amines) is 1. The molecule has 0 bridgehead atoms. The van der Waals surface area contributed by atoms with Crippen LogP contribution < -0.4 is 5.32 Å². The largest absolute Gasteiger partial charge is 0.389 e. The van der Waals surface area contributed by atoms with Gasteiger partial charge in [0.15, 0.2) is 0 Å². The normalized spacial score (nSPS) is 25.3. The third kappa shape index (κ3) is 3.95. The Hall–Kier alpha value is -0.120. The molecule has 0 aromatic rings. The van der Waals surface area contributed by atoms with Gasteiger partial charge in [-0.1, -0.05) is 6.42 Å². The van der Waals surface area contributed by atoms with E-state index >= 15 is 0 Å². The van der Waals surface area contributed by atoms with E-state index in [1.807, 2.05) is 20.9 Å². The second kappa shape index (κ2) is 5.10. The van der Waals surface area contributed by atoms with E-state index in [9.17, 15) is 5.11 Å². The van der Waals surface area contributed by atoms with Gasteiger partial charge in [0.05, 0.1) is 5.60 Å². The zero-order valence-electron chi connectivity index (χ0n) is 9.71. The number of rotatable bonds is 4. The number of aliphatic hydroxyl groups is 1. The molecule has 1 heterocycles. The van der Waals surface area contributed by atoms with Crippen LogP contribution in [0.1, 0.15) is 33.1 Å². The quantitative estimate of drug-likeness (QED) is 0.705. The Morgan fingerprint density at radius 1 is 1.43 bits per heavy atom. The van der Waals surface area contributed by atoms with Crippen LogP contribution in [0.25, 0.3) is 0 Å². The number of piperidine rings is 1. The van der Waals surface area contributed by atoms with Crippen molar-refractivity contribution in [1.29, 1.82) is 0 Å². The molecule has 0 aromatic heterocycles. The summed E-state index contributed by atoms with van der Waals surface area (Å²) in [5.74, 6) is 0. The first-order valence-electron chi connectivity index (χ1n) is 5.64. The summed E-state index contributed by atoms with van der Waals surface area (Å²) >= 11 is 0. The van der Waals surface area contributed by atoms with Gasteiger partial charge in [-0.15, -0.1) is 0 Å². The Labute approximate surface area is 87.5 Å². The van der Waals surface area contributed by atoms with E-state index in [1.165, 1.54) is 19.3 Å². The highest BCUT2D eigenvalue weighted by Crippen LogP contribution is 2.18. The van der Waals surface area contributed by atoms with Gasteiger partial charge < -0.3 is 10.4 Å². The predicted molar refractivity (Wildman–Crippen MR) is 59.4 cm³/mol. The molecular formula is C11H24N2O. The third-order valence-electron chi connectivity index (χ3n) is 2.78. The topological polar surface area (TPSA) is 35.5 Å². The summed E-state index contributed by atoms with van der Waals surface area (Å²) < 4.78 is 0. The van der Waals surface area contributed by atoms with Crippen LogP contribution in [0.5, 0.6) is 0 Å². The number of nitrogens with one attached hydrogen (secondary N) is 1. The summed E-state index contributed by atoms with van der Waals surface area (Å²) in [6, 6.07) is 0.611. The number of β-amino-alcohol motifs (C(OH)–C–C–N with tert-alkyl or cyclic N) is 1. The van der Waals surface area contributed by atoms with Crippen LogP contribution in [0.4, 0.5) is 0 Å². The van der Waals surface area contributed by atoms with Gasteiger partial charge in [-0.25, -0.2) is 0 Å². The molecule has 3 nitrogen and oxygen atoms in total. The van der Waals surface area contributed by atoms with E-state index in [0.717, 1.165) is 19.6 Å². The van der Waals surface area contributed by atoms with Crippen LogP contribution in [-0.2, 0) is 0 Å². The average molecular weight is 200 g/mol. The van der Waals surface area contributed by atoms with Crippen molar-refractivity contribution < 1.29 is 5.11 Å². The van der Waals surface area contributed by atoms with Gasteiger partial charge in [0.25, 0.3) is 0 Å². The summed E-state index contributed by atoms with van der Waals surface area (Å²) in [5.41, 5.74) is -0.566. The maximum absolute atomic E-state index is 9.79. The molecule has 1 aliphatic heterocycles. The second-order valence-electron chi connectivity index (χ2n) is 4.99. The lowest BCUT2D eigenvalue weighted by molar-refractivity contribution is 0.0104. The van der Waals surface area contributed by atoms with E-state index in [-0.39, 0.29) is 0 Å². The Morgan fingerprint density at radius 2 is 2.14 bits per heavy atom.